The van der Waals surface area contributed by atoms with Crippen LogP contribution in [0.4, 0.5) is 23.0 Å². The van der Waals surface area contributed by atoms with E-state index in [1.54, 1.807) is 7.11 Å². The van der Waals surface area contributed by atoms with Crippen molar-refractivity contribution in [3.8, 4) is 5.75 Å². The van der Waals surface area contributed by atoms with Gasteiger partial charge in [-0.25, -0.2) is 4.79 Å². The fourth-order valence-electron chi connectivity index (χ4n) is 1.86. The second kappa shape index (κ2) is 22.8. The Morgan fingerprint density at radius 2 is 1.35 bits per heavy atom. The third-order valence-corrected chi connectivity index (χ3v) is 3.10. The Morgan fingerprint density at radius 3 is 1.71 bits per heavy atom. The van der Waals surface area contributed by atoms with E-state index in [4.69, 9.17) is 23.4 Å². The zero-order valence-electron chi connectivity index (χ0n) is 17.2. The number of carbonyl (C=O) groups is 1. The van der Waals surface area contributed by atoms with E-state index in [1.807, 2.05) is 24.3 Å². The summed E-state index contributed by atoms with van der Waals surface area (Å²) in [5, 5.41) is 10.5. The summed E-state index contributed by atoms with van der Waals surface area (Å²) in [6, 6.07) is 12.8. The van der Waals surface area contributed by atoms with Crippen LogP contribution in [0.25, 0.3) is 0 Å². The summed E-state index contributed by atoms with van der Waals surface area (Å²) < 4.78 is 71.7. The van der Waals surface area contributed by atoms with Gasteiger partial charge in [0.2, 0.25) is 0 Å². The summed E-state index contributed by atoms with van der Waals surface area (Å²) in [7, 11) is -4.40. The van der Waals surface area contributed by atoms with Crippen molar-refractivity contribution in [3.63, 3.8) is 0 Å². The molecule has 0 aromatic heterocycles. The fraction of sp³-hybridized carbons (Fsp3) is 0.158. The number of halogens is 4. The van der Waals surface area contributed by atoms with Crippen molar-refractivity contribution in [2.24, 2.45) is 0 Å². The predicted octanol–water partition coefficient (Wildman–Crippen LogP) is 4.19. The molecule has 34 heavy (non-hydrogen) atoms. The summed E-state index contributed by atoms with van der Waals surface area (Å²) >= 11 is 0. The minimum Gasteiger partial charge on any atom is 0 e. The molecule has 0 fully saturated rings. The van der Waals surface area contributed by atoms with Crippen LogP contribution in [-0.2, 0) is 42.2 Å². The summed E-state index contributed by atoms with van der Waals surface area (Å²) in [5.41, 5.74) is 1.26. The Kier molecular flexibility index (Phi) is 25.4. The number of hydrogen-bond acceptors (Lipinski definition) is 5. The first kappa shape index (κ1) is 37.9. The Labute approximate surface area is 202 Å². The third kappa shape index (κ3) is 20.5. The first-order chi connectivity index (χ1) is 15.6. The number of nitro groups is 1. The second-order valence-electron chi connectivity index (χ2n) is 5.03. The Bertz CT molecular complexity index is 868. The zero-order chi connectivity index (χ0) is 26.4. The number of nitro benzene ring substituents is 1. The number of rotatable bonds is 6. The van der Waals surface area contributed by atoms with Gasteiger partial charge in [0, 0.05) is 35.6 Å². The van der Waals surface area contributed by atoms with E-state index in [9.17, 15) is 32.2 Å². The van der Waals surface area contributed by atoms with Crippen LogP contribution in [0.1, 0.15) is 15.9 Å². The fourth-order valence-corrected chi connectivity index (χ4v) is 1.86. The van der Waals surface area contributed by atoms with Crippen molar-refractivity contribution >= 4 is 18.9 Å². The molecule has 0 unspecified atom stereocenters. The molecule has 184 valence electrons. The molecule has 0 atom stereocenters. The molecule has 2 aromatic rings. The monoisotopic (exact) mass is 528 g/mol. The Balaban J connectivity index is -0.000000322. The topological polar surface area (TPSA) is 138 Å². The van der Waals surface area contributed by atoms with E-state index in [0.29, 0.717) is 12.0 Å². The largest absolute Gasteiger partial charge is 0 e. The molecule has 0 N–H and O–H groups in total. The molecule has 15 heteroatoms. The molecule has 2 rings (SSSR count). The van der Waals surface area contributed by atoms with Gasteiger partial charge >= 0.3 is 47.1 Å². The molecule has 0 amide bonds. The average molecular weight is 528 g/mol. The maximum Gasteiger partial charge on any atom is 0 e. The summed E-state index contributed by atoms with van der Waals surface area (Å²) in [5.74, 6) is 0.273. The van der Waals surface area contributed by atoms with Gasteiger partial charge in [-0.15, -0.1) is 0 Å². The molecule has 0 saturated carbocycles. The van der Waals surface area contributed by atoms with E-state index in [2.05, 4.69) is 20.0 Å². The van der Waals surface area contributed by atoms with Gasteiger partial charge in [0.05, 0.1) is 24.2 Å². The number of ether oxygens (including phenoxy) is 2. The minimum atomic E-state index is -6.00. The van der Waals surface area contributed by atoms with Crippen LogP contribution in [-0.4, -0.2) is 31.9 Å². The molecular formula is C19H15BF4FeNO8-. The number of benzene rings is 2. The second-order valence-corrected chi connectivity index (χ2v) is 5.03. The Morgan fingerprint density at radius 1 is 0.941 bits per heavy atom. The maximum atomic E-state index is 11.8. The number of hydrogen-bond donors (Lipinski definition) is 0. The molecule has 0 heterocycles. The molecule has 0 bridgehead atoms. The number of carbonyl (C=O) groups excluding carboxylic acids is 1. The van der Waals surface area contributed by atoms with Crippen molar-refractivity contribution in [2.75, 3.05) is 13.7 Å². The van der Waals surface area contributed by atoms with E-state index >= 15 is 0 Å². The minimum absolute atomic E-state index is 0. The number of esters is 1. The molecule has 9 nitrogen and oxygen atoms in total. The van der Waals surface area contributed by atoms with Crippen LogP contribution < -0.4 is 4.74 Å². The number of non-ortho nitro benzene ring substituents is 1. The van der Waals surface area contributed by atoms with Gasteiger partial charge in [-0.1, -0.05) is 12.1 Å². The van der Waals surface area contributed by atoms with Crippen LogP contribution >= 0.6 is 0 Å². The molecule has 0 aliphatic carbocycles. The van der Waals surface area contributed by atoms with Crippen LogP contribution in [0.5, 0.6) is 5.75 Å². The van der Waals surface area contributed by atoms with Crippen LogP contribution in [0.2, 0.25) is 0 Å². The van der Waals surface area contributed by atoms with Gasteiger partial charge in [-0.2, -0.15) is 0 Å². The predicted molar refractivity (Wildman–Crippen MR) is 102 cm³/mol. The van der Waals surface area contributed by atoms with Crippen molar-refractivity contribution in [1.82, 2.24) is 0 Å². The molecule has 0 spiro atoms. The van der Waals surface area contributed by atoms with Crippen LogP contribution in [0.3, 0.4) is 0 Å². The molecular weight excluding hydrogens is 513 g/mol. The first-order valence-corrected chi connectivity index (χ1v) is 8.13. The molecule has 0 aliphatic rings. The van der Waals surface area contributed by atoms with E-state index < -0.39 is 18.1 Å². The summed E-state index contributed by atoms with van der Waals surface area (Å²) in [6.45, 7) is 13.7. The van der Waals surface area contributed by atoms with Gasteiger partial charge in [-0.3, -0.25) is 10.1 Å². The van der Waals surface area contributed by atoms with Crippen molar-refractivity contribution < 1.29 is 67.5 Å². The first-order valence-electron chi connectivity index (χ1n) is 8.13. The van der Waals surface area contributed by atoms with Crippen LogP contribution in [0, 0.1) is 30.1 Å². The molecule has 0 radical (unpaired) electrons. The molecule has 2 aromatic carbocycles. The third-order valence-electron chi connectivity index (χ3n) is 3.10. The van der Waals surface area contributed by atoms with Crippen molar-refractivity contribution in [1.29, 1.82) is 0 Å². The quantitative estimate of drug-likeness (QED) is 0.105. The SMILES string of the molecule is COc1ccc(CCOC(=O)c2ccc([N+](=O)[O-])cc2)cc1.F[B-](F)(F)F.[C-]#[O+].[C-]#[O+].[C-]#[O+].[Fe]. The van der Waals surface area contributed by atoms with E-state index in [0.717, 1.165) is 11.3 Å². The van der Waals surface area contributed by atoms with E-state index in [1.165, 1.54) is 24.3 Å². The van der Waals surface area contributed by atoms with Gasteiger partial charge in [0.25, 0.3) is 5.69 Å². The summed E-state index contributed by atoms with van der Waals surface area (Å²) in [6.07, 6.45) is 0.586. The average Bonchev–Trinajstić information content (AvgIpc) is 2.82. The zero-order valence-corrected chi connectivity index (χ0v) is 18.3. The number of methoxy groups -OCH3 is 1. The smallest absolute Gasteiger partial charge is 0 e. The summed E-state index contributed by atoms with van der Waals surface area (Å²) in [4.78, 5) is 21.8. The van der Waals surface area contributed by atoms with Gasteiger partial charge in [0.1, 0.15) is 5.75 Å². The molecule has 0 saturated heterocycles. The van der Waals surface area contributed by atoms with Crippen molar-refractivity contribution in [3.05, 3.63) is 89.7 Å². The van der Waals surface area contributed by atoms with Gasteiger partial charge < -0.3 is 26.7 Å². The van der Waals surface area contributed by atoms with Gasteiger partial charge in [0.15, 0.2) is 0 Å². The van der Waals surface area contributed by atoms with Crippen molar-refractivity contribution in [2.45, 2.75) is 6.42 Å². The number of nitrogens with zero attached hydrogens (tertiary/aromatic N) is 1. The van der Waals surface area contributed by atoms with Gasteiger partial charge in [-0.05, 0) is 29.8 Å². The van der Waals surface area contributed by atoms with E-state index in [-0.39, 0.29) is 29.4 Å². The normalized spacial score (nSPS) is 8.44. The standard InChI is InChI=1S/C16H15NO5.3CO.BF4.Fe/c1-21-15-8-2-12(3-9-15)10-11-22-16(18)13-4-6-14(7-5-13)17(19)20;3*1-2;2-1(3,4)5;/h2-9H,10-11H2,1H3;;;;;/q;;;;-1;. The molecule has 0 aliphatic heterocycles. The Hall–Kier alpha value is -3.37. The van der Waals surface area contributed by atoms with Crippen LogP contribution in [0.15, 0.2) is 48.5 Å². The maximum absolute atomic E-state index is 11.8.